The average Bonchev–Trinajstić information content (AvgIpc) is 3.44. The normalized spacial score (nSPS) is 11.4. The molecule has 1 N–H and O–H groups in total. The molecule has 2 aromatic heterocycles. The molecule has 0 bridgehead atoms. The van der Waals surface area contributed by atoms with Gasteiger partial charge in [-0.3, -0.25) is 0 Å². The molecule has 7 heteroatoms. The lowest BCUT2D eigenvalue weighted by Gasteiger charge is -2.09. The first-order valence-corrected chi connectivity index (χ1v) is 10.3. The number of tetrazole rings is 1. The molecule has 4 aromatic rings. The Morgan fingerprint density at radius 1 is 1.00 bits per heavy atom. The lowest BCUT2D eigenvalue weighted by atomic mass is 9.98. The lowest BCUT2D eigenvalue weighted by molar-refractivity contribution is 0.662. The van der Waals surface area contributed by atoms with Crippen molar-refractivity contribution < 1.29 is 0 Å². The van der Waals surface area contributed by atoms with E-state index >= 15 is 0 Å². The average molecular weight is 400 g/mol. The van der Waals surface area contributed by atoms with Crippen molar-refractivity contribution in [3.8, 4) is 22.5 Å². The van der Waals surface area contributed by atoms with Gasteiger partial charge in [-0.1, -0.05) is 68.5 Å². The van der Waals surface area contributed by atoms with E-state index < -0.39 is 0 Å². The summed E-state index contributed by atoms with van der Waals surface area (Å²) in [5, 5.41) is 19.0. The number of rotatable bonds is 8. The minimum Gasteiger partial charge on any atom is -0.242 e. The third-order valence-corrected chi connectivity index (χ3v) is 4.85. The number of aryl methyl sites for hydroxylation is 1. The van der Waals surface area contributed by atoms with Gasteiger partial charge in [-0.25, -0.2) is 14.8 Å². The van der Waals surface area contributed by atoms with Crippen molar-refractivity contribution in [2.45, 2.75) is 39.7 Å². The molecule has 0 amide bonds. The number of hydrogen-bond donors (Lipinski definition) is 1. The number of allylic oxidation sites excluding steroid dienone is 1. The second kappa shape index (κ2) is 9.26. The Kier molecular flexibility index (Phi) is 6.08. The van der Waals surface area contributed by atoms with E-state index in [2.05, 4.69) is 81.9 Å². The summed E-state index contributed by atoms with van der Waals surface area (Å²) < 4.78 is 1.99. The molecule has 0 saturated carbocycles. The number of hydrogen-bond acceptors (Lipinski definition) is 5. The summed E-state index contributed by atoms with van der Waals surface area (Å²) in [6.07, 6.45) is 7.09. The molecule has 0 spiro atoms. The topological polar surface area (TPSA) is 85.2 Å². The van der Waals surface area contributed by atoms with Crippen LogP contribution >= 0.6 is 0 Å². The molecule has 0 aliphatic rings. The minimum atomic E-state index is 0.660. The van der Waals surface area contributed by atoms with E-state index in [4.69, 9.17) is 5.10 Å². The Balaban J connectivity index is 1.59. The van der Waals surface area contributed by atoms with Crippen LogP contribution in [0, 0.1) is 0 Å². The number of nitrogens with zero attached hydrogens (tertiary/aromatic N) is 6. The van der Waals surface area contributed by atoms with Crippen molar-refractivity contribution in [1.29, 1.82) is 0 Å². The van der Waals surface area contributed by atoms with Crippen LogP contribution in [0.15, 0.2) is 54.6 Å². The van der Waals surface area contributed by atoms with Crippen molar-refractivity contribution in [3.05, 3.63) is 71.8 Å². The fourth-order valence-electron chi connectivity index (χ4n) is 3.37. The number of benzene rings is 2. The van der Waals surface area contributed by atoms with Gasteiger partial charge in [0.2, 0.25) is 0 Å². The number of H-pyrrole nitrogens is 1. The number of aromatic nitrogens is 7. The molecule has 0 saturated heterocycles. The van der Waals surface area contributed by atoms with Crippen molar-refractivity contribution in [2.75, 3.05) is 0 Å². The zero-order chi connectivity index (χ0) is 20.8. The van der Waals surface area contributed by atoms with Gasteiger partial charge in [0.1, 0.15) is 0 Å². The van der Waals surface area contributed by atoms with Gasteiger partial charge in [0, 0.05) is 12.0 Å². The molecule has 2 aromatic carbocycles. The van der Waals surface area contributed by atoms with Crippen molar-refractivity contribution in [2.24, 2.45) is 0 Å². The van der Waals surface area contributed by atoms with Gasteiger partial charge in [0.05, 0.1) is 6.54 Å². The van der Waals surface area contributed by atoms with Crippen molar-refractivity contribution in [3.63, 3.8) is 0 Å². The van der Waals surface area contributed by atoms with E-state index in [0.717, 1.165) is 47.6 Å². The van der Waals surface area contributed by atoms with Crippen LogP contribution in [-0.4, -0.2) is 35.4 Å². The molecule has 2 heterocycles. The standard InChI is InChI=1S/C23H25N7/c1-3-5-11-22-24-21(8-4-2)27-30(22)16-17-12-14-18(15-13-17)19-9-6-7-10-20(19)23-25-28-29-26-23/h5-7,9-15H,3-4,8,16H2,1-2H3,(H,25,26,28,29)/b11-5+. The second-order valence-corrected chi connectivity index (χ2v) is 7.10. The summed E-state index contributed by atoms with van der Waals surface area (Å²) in [6, 6.07) is 16.6. The predicted octanol–water partition coefficient (Wildman–Crippen LogP) is 4.55. The molecule has 0 atom stereocenters. The SMILES string of the molecule is CC/C=C/c1nc(CCC)nn1Cc1ccc(-c2ccccc2-c2nnn[nH]2)cc1. The van der Waals surface area contributed by atoms with E-state index in [1.54, 1.807) is 0 Å². The fraction of sp³-hybridized carbons (Fsp3) is 0.261. The van der Waals surface area contributed by atoms with Gasteiger partial charge < -0.3 is 0 Å². The van der Waals surface area contributed by atoms with Crippen LogP contribution < -0.4 is 0 Å². The van der Waals surface area contributed by atoms with Gasteiger partial charge >= 0.3 is 0 Å². The van der Waals surface area contributed by atoms with Crippen LogP contribution in [-0.2, 0) is 13.0 Å². The van der Waals surface area contributed by atoms with Crippen LogP contribution in [0.4, 0.5) is 0 Å². The van der Waals surface area contributed by atoms with Gasteiger partial charge in [-0.05, 0) is 46.0 Å². The van der Waals surface area contributed by atoms with E-state index in [9.17, 15) is 0 Å². The Labute approximate surface area is 175 Å². The number of nitrogens with one attached hydrogen (secondary N) is 1. The van der Waals surface area contributed by atoms with Crippen LogP contribution in [0.5, 0.6) is 0 Å². The third kappa shape index (κ3) is 4.35. The summed E-state index contributed by atoms with van der Waals surface area (Å²) in [5.74, 6) is 2.47. The first kappa shape index (κ1) is 19.7. The molecule has 152 valence electrons. The Hall–Kier alpha value is -3.61. The summed E-state index contributed by atoms with van der Waals surface area (Å²) in [5.41, 5.74) is 4.35. The molecule has 0 aliphatic heterocycles. The predicted molar refractivity (Wildman–Crippen MR) is 117 cm³/mol. The van der Waals surface area contributed by atoms with Crippen molar-refractivity contribution >= 4 is 6.08 Å². The highest BCUT2D eigenvalue weighted by atomic mass is 15.5. The van der Waals surface area contributed by atoms with E-state index in [1.807, 2.05) is 22.9 Å². The smallest absolute Gasteiger partial charge is 0.180 e. The summed E-state index contributed by atoms with van der Waals surface area (Å²) in [6.45, 7) is 4.96. The molecular formula is C23H25N7. The van der Waals surface area contributed by atoms with Crippen LogP contribution in [0.25, 0.3) is 28.6 Å². The molecule has 0 radical (unpaired) electrons. The molecule has 0 fully saturated rings. The maximum absolute atomic E-state index is 4.70. The zero-order valence-corrected chi connectivity index (χ0v) is 17.3. The largest absolute Gasteiger partial charge is 0.242 e. The summed E-state index contributed by atoms with van der Waals surface area (Å²) >= 11 is 0. The number of aromatic amines is 1. The second-order valence-electron chi connectivity index (χ2n) is 7.10. The maximum atomic E-state index is 4.70. The third-order valence-electron chi connectivity index (χ3n) is 4.85. The van der Waals surface area contributed by atoms with Gasteiger partial charge in [0.25, 0.3) is 0 Å². The monoisotopic (exact) mass is 399 g/mol. The highest BCUT2D eigenvalue weighted by Gasteiger charge is 2.11. The van der Waals surface area contributed by atoms with Gasteiger partial charge in [-0.2, -0.15) is 5.10 Å². The Bertz CT molecular complexity index is 1110. The van der Waals surface area contributed by atoms with Crippen LogP contribution in [0.3, 0.4) is 0 Å². The zero-order valence-electron chi connectivity index (χ0n) is 17.3. The van der Waals surface area contributed by atoms with Crippen LogP contribution in [0.1, 0.15) is 43.9 Å². The van der Waals surface area contributed by atoms with Crippen LogP contribution in [0.2, 0.25) is 0 Å². The Morgan fingerprint density at radius 3 is 2.50 bits per heavy atom. The molecule has 4 rings (SSSR count). The molecule has 0 aliphatic carbocycles. The summed E-state index contributed by atoms with van der Waals surface area (Å²) in [7, 11) is 0. The lowest BCUT2D eigenvalue weighted by Crippen LogP contribution is -2.04. The van der Waals surface area contributed by atoms with E-state index in [1.165, 1.54) is 5.56 Å². The van der Waals surface area contributed by atoms with Crippen molar-refractivity contribution in [1.82, 2.24) is 35.4 Å². The highest BCUT2D eigenvalue weighted by Crippen LogP contribution is 2.29. The van der Waals surface area contributed by atoms with Gasteiger partial charge in [-0.15, -0.1) is 5.10 Å². The maximum Gasteiger partial charge on any atom is 0.180 e. The molecular weight excluding hydrogens is 374 g/mol. The van der Waals surface area contributed by atoms with E-state index in [-0.39, 0.29) is 0 Å². The van der Waals surface area contributed by atoms with Gasteiger partial charge in [0.15, 0.2) is 17.5 Å². The fourth-order valence-corrected chi connectivity index (χ4v) is 3.37. The Morgan fingerprint density at radius 2 is 1.80 bits per heavy atom. The molecule has 7 nitrogen and oxygen atoms in total. The highest BCUT2D eigenvalue weighted by molar-refractivity contribution is 5.80. The summed E-state index contributed by atoms with van der Waals surface area (Å²) in [4.78, 5) is 4.68. The minimum absolute atomic E-state index is 0.660. The first-order chi connectivity index (χ1) is 14.8. The molecule has 0 unspecified atom stereocenters. The molecule has 30 heavy (non-hydrogen) atoms. The van der Waals surface area contributed by atoms with E-state index in [0.29, 0.717) is 12.4 Å². The quantitative estimate of drug-likeness (QED) is 0.470. The first-order valence-electron chi connectivity index (χ1n) is 10.3.